The lowest BCUT2D eigenvalue weighted by atomic mass is 10.2. The molecule has 0 radical (unpaired) electrons. The van der Waals surface area contributed by atoms with E-state index >= 15 is 0 Å². The highest BCUT2D eigenvalue weighted by Crippen LogP contribution is 2.27. The Hall–Kier alpha value is -2.51. The van der Waals surface area contributed by atoms with E-state index in [1.165, 1.54) is 16.0 Å². The topological polar surface area (TPSA) is 63.0 Å². The second-order valence-electron chi connectivity index (χ2n) is 4.87. The number of thiazole rings is 1. The van der Waals surface area contributed by atoms with Crippen LogP contribution >= 0.6 is 22.7 Å². The highest BCUT2D eigenvalue weighted by atomic mass is 32.1. The van der Waals surface area contributed by atoms with Gasteiger partial charge in [0.15, 0.2) is 0 Å². The maximum Gasteiger partial charge on any atom is 0.282 e. The van der Waals surface area contributed by atoms with E-state index in [9.17, 15) is 4.79 Å². The largest absolute Gasteiger partial charge is 0.296 e. The van der Waals surface area contributed by atoms with Gasteiger partial charge in [0.05, 0.1) is 26.4 Å². The number of nitrogens with zero attached hydrogens (tertiary/aromatic N) is 3. The lowest BCUT2D eigenvalue weighted by Gasteiger charge is -1.95. The van der Waals surface area contributed by atoms with E-state index in [-0.39, 0.29) is 5.56 Å². The molecule has 0 aliphatic carbocycles. The molecule has 114 valence electrons. The smallest absolute Gasteiger partial charge is 0.282 e. The van der Waals surface area contributed by atoms with Crippen molar-refractivity contribution in [3.8, 4) is 15.7 Å². The van der Waals surface area contributed by atoms with Gasteiger partial charge in [0.1, 0.15) is 0 Å². The van der Waals surface area contributed by atoms with Gasteiger partial charge in [-0.25, -0.2) is 4.98 Å². The summed E-state index contributed by atoms with van der Waals surface area (Å²) >= 11 is 3.06. The van der Waals surface area contributed by atoms with Crippen LogP contribution in [0.1, 0.15) is 5.56 Å². The standard InChI is InChI=1S/C16H12N4OS2/c1-17-9-10-14(13-7-4-8-22-13)19-20(15(10)21)16-18-11-5-2-3-6-12(11)23-16/h2-9,19H,1H3. The summed E-state index contributed by atoms with van der Waals surface area (Å²) in [5.74, 6) is 0. The van der Waals surface area contributed by atoms with Crippen molar-refractivity contribution in [1.29, 1.82) is 0 Å². The number of rotatable bonds is 3. The van der Waals surface area contributed by atoms with Crippen LogP contribution in [0.3, 0.4) is 0 Å². The van der Waals surface area contributed by atoms with E-state index in [2.05, 4.69) is 15.1 Å². The first kappa shape index (κ1) is 14.1. The minimum atomic E-state index is -0.141. The number of H-pyrrole nitrogens is 1. The second kappa shape index (κ2) is 5.60. The molecule has 1 aromatic carbocycles. The molecule has 0 bridgehead atoms. The van der Waals surface area contributed by atoms with Crippen LogP contribution in [0.4, 0.5) is 0 Å². The van der Waals surface area contributed by atoms with Crippen molar-refractivity contribution in [2.75, 3.05) is 7.05 Å². The third-order valence-corrected chi connectivity index (χ3v) is 5.34. The summed E-state index contributed by atoms with van der Waals surface area (Å²) in [5, 5.41) is 5.80. The first-order valence-electron chi connectivity index (χ1n) is 6.95. The number of benzene rings is 1. The van der Waals surface area contributed by atoms with Gasteiger partial charge in [-0.2, -0.15) is 4.68 Å². The minimum absolute atomic E-state index is 0.141. The van der Waals surface area contributed by atoms with Gasteiger partial charge in [-0.15, -0.1) is 11.3 Å². The quantitative estimate of drug-likeness (QED) is 0.580. The Morgan fingerprint density at radius 1 is 1.26 bits per heavy atom. The number of fused-ring (bicyclic) bond motifs is 1. The number of aliphatic imine (C=N–C) groups is 1. The van der Waals surface area contributed by atoms with Crippen LogP contribution in [0.15, 0.2) is 51.6 Å². The van der Waals surface area contributed by atoms with Crippen molar-refractivity contribution >= 4 is 39.1 Å². The number of aromatic nitrogens is 3. The molecule has 0 aliphatic heterocycles. The van der Waals surface area contributed by atoms with Crippen LogP contribution in [0, 0.1) is 0 Å². The second-order valence-corrected chi connectivity index (χ2v) is 6.83. The van der Waals surface area contributed by atoms with Crippen LogP contribution in [-0.4, -0.2) is 28.0 Å². The first-order chi connectivity index (χ1) is 11.3. The first-order valence-corrected chi connectivity index (χ1v) is 8.64. The van der Waals surface area contributed by atoms with Crippen molar-refractivity contribution in [3.05, 3.63) is 57.7 Å². The molecule has 3 aromatic heterocycles. The monoisotopic (exact) mass is 340 g/mol. The molecule has 0 aliphatic rings. The SMILES string of the molecule is CN=Cc1c(-c2cccs2)[nH]n(-c2nc3ccccc3s2)c1=O. The molecule has 0 saturated carbocycles. The molecule has 23 heavy (non-hydrogen) atoms. The number of aromatic amines is 1. The number of hydrogen-bond donors (Lipinski definition) is 1. The summed E-state index contributed by atoms with van der Waals surface area (Å²) < 4.78 is 2.55. The van der Waals surface area contributed by atoms with Crippen molar-refractivity contribution in [3.63, 3.8) is 0 Å². The van der Waals surface area contributed by atoms with Gasteiger partial charge >= 0.3 is 0 Å². The summed E-state index contributed by atoms with van der Waals surface area (Å²) in [4.78, 5) is 22.3. The zero-order chi connectivity index (χ0) is 15.8. The lowest BCUT2D eigenvalue weighted by molar-refractivity contribution is 0.846. The predicted molar refractivity (Wildman–Crippen MR) is 96.4 cm³/mol. The molecule has 5 nitrogen and oxygen atoms in total. The lowest BCUT2D eigenvalue weighted by Crippen LogP contribution is -2.16. The maximum absolute atomic E-state index is 12.8. The van der Waals surface area contributed by atoms with Gasteiger partial charge in [-0.05, 0) is 23.6 Å². The molecule has 0 fully saturated rings. The van der Waals surface area contributed by atoms with Gasteiger partial charge in [0.2, 0.25) is 5.13 Å². The highest BCUT2D eigenvalue weighted by Gasteiger charge is 2.18. The van der Waals surface area contributed by atoms with Crippen molar-refractivity contribution in [1.82, 2.24) is 14.8 Å². The van der Waals surface area contributed by atoms with E-state index in [1.807, 2.05) is 41.8 Å². The molecule has 0 amide bonds. The Labute approximate surface area is 139 Å². The normalized spacial score (nSPS) is 11.7. The third kappa shape index (κ3) is 2.34. The maximum atomic E-state index is 12.8. The van der Waals surface area contributed by atoms with E-state index < -0.39 is 0 Å². The molecule has 0 saturated heterocycles. The van der Waals surface area contributed by atoms with E-state index in [0.29, 0.717) is 10.7 Å². The molecule has 0 atom stereocenters. The Morgan fingerprint density at radius 3 is 2.87 bits per heavy atom. The Kier molecular flexibility index (Phi) is 3.44. The van der Waals surface area contributed by atoms with Gasteiger partial charge in [0, 0.05) is 13.3 Å². The summed E-state index contributed by atoms with van der Waals surface area (Å²) in [7, 11) is 1.66. The van der Waals surface area contributed by atoms with Gasteiger partial charge in [-0.1, -0.05) is 29.5 Å². The Morgan fingerprint density at radius 2 is 2.13 bits per heavy atom. The van der Waals surface area contributed by atoms with Crippen LogP contribution in [0.25, 0.3) is 25.9 Å². The van der Waals surface area contributed by atoms with E-state index in [1.54, 1.807) is 24.6 Å². The van der Waals surface area contributed by atoms with Crippen molar-refractivity contribution in [2.45, 2.75) is 0 Å². The summed E-state index contributed by atoms with van der Waals surface area (Å²) in [6.07, 6.45) is 1.59. The molecular formula is C16H12N4OS2. The van der Waals surface area contributed by atoms with Crippen LogP contribution in [-0.2, 0) is 0 Å². The van der Waals surface area contributed by atoms with Crippen LogP contribution < -0.4 is 5.56 Å². The molecule has 4 aromatic rings. The molecule has 0 unspecified atom stereocenters. The van der Waals surface area contributed by atoms with Gasteiger partial charge < -0.3 is 0 Å². The summed E-state index contributed by atoms with van der Waals surface area (Å²) in [5.41, 5.74) is 2.07. The fraction of sp³-hybridized carbons (Fsp3) is 0.0625. The Balaban J connectivity index is 1.95. The molecule has 3 heterocycles. The van der Waals surface area contributed by atoms with E-state index in [4.69, 9.17) is 0 Å². The number of hydrogen-bond acceptors (Lipinski definition) is 5. The highest BCUT2D eigenvalue weighted by molar-refractivity contribution is 7.20. The average molecular weight is 340 g/mol. The fourth-order valence-corrected chi connectivity index (χ4v) is 4.06. The minimum Gasteiger partial charge on any atom is -0.296 e. The molecule has 4 rings (SSSR count). The molecule has 1 N–H and O–H groups in total. The molecule has 7 heteroatoms. The number of thiophene rings is 1. The fourth-order valence-electron chi connectivity index (χ4n) is 2.40. The number of nitrogens with one attached hydrogen (secondary N) is 1. The zero-order valence-corrected chi connectivity index (χ0v) is 13.8. The predicted octanol–water partition coefficient (Wildman–Crippen LogP) is 3.55. The number of para-hydroxylation sites is 1. The van der Waals surface area contributed by atoms with Crippen molar-refractivity contribution < 1.29 is 0 Å². The van der Waals surface area contributed by atoms with Crippen molar-refractivity contribution in [2.24, 2.45) is 4.99 Å². The summed E-state index contributed by atoms with van der Waals surface area (Å²) in [6, 6.07) is 11.8. The third-order valence-electron chi connectivity index (χ3n) is 3.43. The van der Waals surface area contributed by atoms with Gasteiger partial charge in [-0.3, -0.25) is 14.9 Å². The average Bonchev–Trinajstić information content (AvgIpc) is 3.27. The summed E-state index contributed by atoms with van der Waals surface area (Å²) in [6.45, 7) is 0. The van der Waals surface area contributed by atoms with Gasteiger partial charge in [0.25, 0.3) is 5.56 Å². The molecule has 0 spiro atoms. The van der Waals surface area contributed by atoms with Crippen LogP contribution in [0.2, 0.25) is 0 Å². The van der Waals surface area contributed by atoms with Crippen LogP contribution in [0.5, 0.6) is 0 Å². The Bertz CT molecular complexity index is 1020. The zero-order valence-electron chi connectivity index (χ0n) is 12.2. The van der Waals surface area contributed by atoms with E-state index in [0.717, 1.165) is 20.8 Å². The molecular weight excluding hydrogens is 328 g/mol.